The smallest absolute Gasteiger partial charge is 0.320 e. The molecule has 3 aromatic rings. The molecule has 0 saturated carbocycles. The molecule has 0 bridgehead atoms. The van der Waals surface area contributed by atoms with Crippen LogP contribution < -0.4 is 9.62 Å². The van der Waals surface area contributed by atoms with Gasteiger partial charge in [0.1, 0.15) is 6.04 Å². The van der Waals surface area contributed by atoms with E-state index in [1.165, 1.54) is 15.6 Å². The zero-order chi connectivity index (χ0) is 29.1. The van der Waals surface area contributed by atoms with Crippen LogP contribution in [-0.2, 0) is 38.4 Å². The van der Waals surface area contributed by atoms with Gasteiger partial charge < -0.3 is 19.5 Å². The molecule has 0 aliphatic carbocycles. The molecule has 0 spiro atoms. The Labute approximate surface area is 247 Å². The van der Waals surface area contributed by atoms with E-state index in [2.05, 4.69) is 19.2 Å². The van der Waals surface area contributed by atoms with E-state index in [4.69, 9.17) is 9.72 Å². The highest BCUT2D eigenvalue weighted by Crippen LogP contribution is 2.40. The predicted octanol–water partition coefficient (Wildman–Crippen LogP) is 3.21. The van der Waals surface area contributed by atoms with Gasteiger partial charge in [-0.2, -0.15) is 0 Å². The number of fused-ring (bicyclic) bond motifs is 2. The number of esters is 1. The normalized spacial score (nSPS) is 18.3. The zero-order valence-corrected chi connectivity index (χ0v) is 25.3. The van der Waals surface area contributed by atoms with Gasteiger partial charge >= 0.3 is 5.97 Å². The summed E-state index contributed by atoms with van der Waals surface area (Å²) in [4.78, 5) is 34.5. The highest BCUT2D eigenvalue weighted by molar-refractivity contribution is 7.80. The molecule has 3 heterocycles. The maximum Gasteiger partial charge on any atom is 0.320 e. The summed E-state index contributed by atoms with van der Waals surface area (Å²) >= 11 is -1.26. The van der Waals surface area contributed by atoms with E-state index in [0.717, 1.165) is 27.9 Å². The minimum atomic E-state index is -2.73. The quantitative estimate of drug-likeness (QED) is 0.295. The van der Waals surface area contributed by atoms with Crippen LogP contribution in [-0.4, -0.2) is 87.3 Å². The van der Waals surface area contributed by atoms with Crippen molar-refractivity contribution in [3.05, 3.63) is 53.0 Å². The largest absolute Gasteiger partial charge is 0.755 e. The third kappa shape index (κ3) is 6.72. The van der Waals surface area contributed by atoms with Crippen LogP contribution >= 0.6 is 11.3 Å². The lowest BCUT2D eigenvalue weighted by Gasteiger charge is -2.41. The first-order valence-corrected chi connectivity index (χ1v) is 15.8. The number of ether oxygens (including phenoxy) is 1. The summed E-state index contributed by atoms with van der Waals surface area (Å²) in [7, 11) is 0. The van der Waals surface area contributed by atoms with Crippen molar-refractivity contribution in [3.8, 4) is 0 Å². The number of nitrogens with zero attached hydrogens (tertiary/aromatic N) is 4. The summed E-state index contributed by atoms with van der Waals surface area (Å²) in [6.45, 7) is 9.04. The van der Waals surface area contributed by atoms with Crippen molar-refractivity contribution < 1.29 is 23.1 Å². The molecule has 220 valence electrons. The SMILES string of the molecule is CCOC(=O)CN1CCN(C(=O)C(Cc2nc3ccccc3s2)N(c2cccc3c2NCC(C)(C)C3)S(=O)[O-])CC1. The number of nitrogens with one attached hydrogen (secondary N) is 1. The Balaban J connectivity index is 1.46. The second-order valence-corrected chi connectivity index (χ2v) is 13.2. The Morgan fingerprint density at radius 1 is 1.17 bits per heavy atom. The molecule has 5 rings (SSSR count). The van der Waals surface area contributed by atoms with E-state index in [1.807, 2.05) is 41.3 Å². The Morgan fingerprint density at radius 3 is 2.63 bits per heavy atom. The Kier molecular flexibility index (Phi) is 8.93. The molecule has 2 aliphatic rings. The molecule has 41 heavy (non-hydrogen) atoms. The molecule has 1 aromatic heterocycles. The number of para-hydroxylation sites is 2. The van der Waals surface area contributed by atoms with E-state index in [1.54, 1.807) is 17.9 Å². The Hall–Kier alpha value is -3.06. The first-order chi connectivity index (χ1) is 19.6. The molecule has 1 amide bonds. The molecule has 2 aromatic carbocycles. The van der Waals surface area contributed by atoms with Crippen LogP contribution in [0.2, 0.25) is 0 Å². The van der Waals surface area contributed by atoms with Crippen LogP contribution in [0.1, 0.15) is 31.3 Å². The van der Waals surface area contributed by atoms with Gasteiger partial charge in [0.05, 0.1) is 39.8 Å². The van der Waals surface area contributed by atoms with Crippen molar-refractivity contribution in [1.82, 2.24) is 14.8 Å². The molecule has 2 aliphatic heterocycles. The standard InChI is InChI=1S/C29H37N5O5S2/c1-4-39-26(35)18-32-12-14-33(15-13-32)28(36)23(16-25-31-21-9-5-6-11-24(21)40-25)34(41(37)38)22-10-7-8-20-17-29(2,3)19-30-27(20)22/h5-11,23,30H,4,12-19H2,1-3H3,(H,37,38)/p-1. The molecular weight excluding hydrogens is 562 g/mol. The van der Waals surface area contributed by atoms with Crippen LogP contribution in [0.5, 0.6) is 0 Å². The van der Waals surface area contributed by atoms with Gasteiger partial charge in [0.15, 0.2) is 0 Å². The average molecular weight is 599 g/mol. The van der Waals surface area contributed by atoms with Crippen LogP contribution in [0.4, 0.5) is 11.4 Å². The summed E-state index contributed by atoms with van der Waals surface area (Å²) in [5, 5.41) is 4.14. The van der Waals surface area contributed by atoms with E-state index < -0.39 is 17.3 Å². The second kappa shape index (κ2) is 12.4. The molecule has 10 nitrogen and oxygen atoms in total. The number of thiazole rings is 1. The summed E-state index contributed by atoms with van der Waals surface area (Å²) in [5.74, 6) is -0.573. The maximum absolute atomic E-state index is 14.2. The number of carbonyl (C=O) groups is 2. The van der Waals surface area contributed by atoms with Crippen molar-refractivity contribution >= 4 is 56.1 Å². The number of benzene rings is 2. The number of hydrogen-bond donors (Lipinski definition) is 1. The lowest BCUT2D eigenvalue weighted by atomic mass is 9.82. The molecule has 2 unspecified atom stereocenters. The van der Waals surface area contributed by atoms with Crippen LogP contribution in [0.3, 0.4) is 0 Å². The van der Waals surface area contributed by atoms with Gasteiger partial charge in [-0.15, -0.1) is 11.3 Å². The fourth-order valence-electron chi connectivity index (χ4n) is 5.55. The number of carbonyl (C=O) groups excluding carboxylic acids is 2. The summed E-state index contributed by atoms with van der Waals surface area (Å²) in [6.07, 6.45) is 0.936. The van der Waals surface area contributed by atoms with Gasteiger partial charge in [-0.25, -0.2) is 4.98 Å². The first-order valence-electron chi connectivity index (χ1n) is 13.9. The van der Waals surface area contributed by atoms with Crippen molar-refractivity contribution in [2.75, 3.05) is 55.5 Å². The van der Waals surface area contributed by atoms with Crippen molar-refractivity contribution in [3.63, 3.8) is 0 Å². The van der Waals surface area contributed by atoms with Gasteiger partial charge in [-0.05, 0) is 42.5 Å². The van der Waals surface area contributed by atoms with Gasteiger partial charge in [-0.1, -0.05) is 38.1 Å². The molecule has 1 fully saturated rings. The molecular formula is C29H36N5O5S2-. The summed E-state index contributed by atoms with van der Waals surface area (Å²) < 4.78 is 33.3. The van der Waals surface area contributed by atoms with Gasteiger partial charge in [0.2, 0.25) is 5.91 Å². The Bertz CT molecular complexity index is 1400. The average Bonchev–Trinajstić information content (AvgIpc) is 3.34. The molecule has 1 N–H and O–H groups in total. The summed E-state index contributed by atoms with van der Waals surface area (Å²) in [5.41, 5.74) is 3.08. The van der Waals surface area contributed by atoms with E-state index in [9.17, 15) is 18.4 Å². The lowest BCUT2D eigenvalue weighted by Crippen LogP contribution is -2.56. The number of rotatable bonds is 9. The monoisotopic (exact) mass is 598 g/mol. The fourth-order valence-corrected chi connectivity index (χ4v) is 7.24. The number of aromatic nitrogens is 1. The first kappa shape index (κ1) is 29.4. The van der Waals surface area contributed by atoms with Crippen molar-refractivity contribution in [2.45, 2.75) is 39.7 Å². The second-order valence-electron chi connectivity index (χ2n) is 11.3. The van der Waals surface area contributed by atoms with Gasteiger partial charge in [0.25, 0.3) is 0 Å². The zero-order valence-electron chi connectivity index (χ0n) is 23.6. The number of piperazine rings is 1. The molecule has 2 atom stereocenters. The topological polar surface area (TPSA) is 118 Å². The minimum absolute atomic E-state index is 0.0204. The van der Waals surface area contributed by atoms with Crippen molar-refractivity contribution in [1.29, 1.82) is 0 Å². The van der Waals surface area contributed by atoms with Crippen molar-refractivity contribution in [2.24, 2.45) is 5.41 Å². The fraction of sp³-hybridized carbons (Fsp3) is 0.483. The minimum Gasteiger partial charge on any atom is -0.755 e. The van der Waals surface area contributed by atoms with E-state index in [-0.39, 0.29) is 30.3 Å². The highest BCUT2D eigenvalue weighted by atomic mass is 32.2. The van der Waals surface area contributed by atoms with Crippen LogP contribution in [0.25, 0.3) is 10.2 Å². The molecule has 0 radical (unpaired) electrons. The highest BCUT2D eigenvalue weighted by Gasteiger charge is 2.36. The number of anilines is 2. The van der Waals surface area contributed by atoms with Gasteiger partial charge in [0, 0.05) is 50.4 Å². The number of amides is 1. The van der Waals surface area contributed by atoms with Gasteiger partial charge in [-0.3, -0.25) is 23.0 Å². The maximum atomic E-state index is 14.2. The lowest BCUT2D eigenvalue weighted by molar-refractivity contribution is -0.145. The van der Waals surface area contributed by atoms with E-state index in [0.29, 0.717) is 50.0 Å². The van der Waals surface area contributed by atoms with Crippen LogP contribution in [0.15, 0.2) is 42.5 Å². The summed E-state index contributed by atoms with van der Waals surface area (Å²) in [6, 6.07) is 12.3. The third-order valence-corrected chi connectivity index (χ3v) is 9.39. The van der Waals surface area contributed by atoms with E-state index >= 15 is 0 Å². The third-order valence-electron chi connectivity index (χ3n) is 7.56. The molecule has 1 saturated heterocycles. The van der Waals surface area contributed by atoms with Crippen LogP contribution in [0, 0.1) is 5.41 Å². The molecule has 12 heteroatoms. The predicted molar refractivity (Wildman–Crippen MR) is 161 cm³/mol. The number of hydrogen-bond acceptors (Lipinski definition) is 9. The Morgan fingerprint density at radius 2 is 1.93 bits per heavy atom.